The third-order valence-electron chi connectivity index (χ3n) is 8.63. The molecular formula is C45H30. The maximum atomic E-state index is 9.28. The summed E-state index contributed by atoms with van der Waals surface area (Å²) in [6, 6.07) is 22.1. The third kappa shape index (κ3) is 4.30. The highest BCUT2D eigenvalue weighted by Crippen LogP contribution is 2.46. The fraction of sp³-hybridized carbons (Fsp3) is 0.0222. The van der Waals surface area contributed by atoms with Crippen molar-refractivity contribution in [2.45, 2.75) is 6.42 Å². The van der Waals surface area contributed by atoms with Gasteiger partial charge in [0.25, 0.3) is 0 Å². The molecule has 0 aliphatic heterocycles. The van der Waals surface area contributed by atoms with Gasteiger partial charge in [0.1, 0.15) is 0 Å². The van der Waals surface area contributed by atoms with Crippen molar-refractivity contribution < 1.29 is 17.8 Å². The van der Waals surface area contributed by atoms with Gasteiger partial charge in [-0.1, -0.05) is 157 Å². The van der Waals surface area contributed by atoms with E-state index in [1.54, 1.807) is 6.07 Å². The second-order valence-corrected chi connectivity index (χ2v) is 11.1. The van der Waals surface area contributed by atoms with Gasteiger partial charge < -0.3 is 0 Å². The van der Waals surface area contributed by atoms with Crippen molar-refractivity contribution in [3.63, 3.8) is 0 Å². The van der Waals surface area contributed by atoms with Gasteiger partial charge in [0.2, 0.25) is 0 Å². The normalized spacial score (nSPS) is 16.0. The zero-order valence-electron chi connectivity index (χ0n) is 36.9. The highest BCUT2D eigenvalue weighted by molar-refractivity contribution is 6.21. The summed E-state index contributed by atoms with van der Waals surface area (Å²) in [6.45, 7) is 0. The zero-order valence-corrected chi connectivity index (χ0v) is 23.9. The molecule has 210 valence electrons. The van der Waals surface area contributed by atoms with E-state index in [-0.39, 0.29) is 32.7 Å². The van der Waals surface area contributed by atoms with Crippen LogP contribution in [0, 0.1) is 0 Å². The smallest absolute Gasteiger partial charge is 0.0622 e. The second-order valence-electron chi connectivity index (χ2n) is 11.1. The van der Waals surface area contributed by atoms with Gasteiger partial charge in [0, 0.05) is 0 Å². The first-order valence-corrected chi connectivity index (χ1v) is 14.7. The molecule has 0 bridgehead atoms. The molecule has 0 fully saturated rings. The zero-order chi connectivity index (χ0) is 41.1. The number of rotatable bonds is 4. The first-order chi connectivity index (χ1) is 27.7. The van der Waals surface area contributed by atoms with Crippen molar-refractivity contribution in [3.05, 3.63) is 181 Å². The Bertz CT molecular complexity index is 2990. The van der Waals surface area contributed by atoms with Crippen LogP contribution in [0.5, 0.6) is 0 Å². The van der Waals surface area contributed by atoms with Crippen LogP contribution in [0.15, 0.2) is 170 Å². The van der Waals surface area contributed by atoms with E-state index in [0.717, 1.165) is 44.5 Å². The molecule has 0 aromatic heterocycles. The summed E-state index contributed by atoms with van der Waals surface area (Å²) in [5, 5.41) is -0.648. The van der Waals surface area contributed by atoms with E-state index in [1.807, 2.05) is 30.3 Å². The maximum Gasteiger partial charge on any atom is 0.0629 e. The van der Waals surface area contributed by atoms with E-state index in [0.29, 0.717) is 12.0 Å². The topological polar surface area (TPSA) is 0 Å². The maximum absolute atomic E-state index is 9.28. The third-order valence-corrected chi connectivity index (χ3v) is 8.63. The molecule has 0 saturated heterocycles. The van der Waals surface area contributed by atoms with Gasteiger partial charge in [-0.15, -0.1) is 0 Å². The van der Waals surface area contributed by atoms with Gasteiger partial charge in [0.05, 0.1) is 17.8 Å². The first-order valence-electron chi connectivity index (χ1n) is 21.2. The quantitative estimate of drug-likeness (QED) is 0.181. The molecule has 0 saturated carbocycles. The van der Waals surface area contributed by atoms with Crippen molar-refractivity contribution in [3.8, 4) is 55.6 Å². The molecule has 0 heteroatoms. The van der Waals surface area contributed by atoms with Crippen LogP contribution < -0.4 is 0 Å². The Morgan fingerprint density at radius 1 is 0.356 bits per heavy atom. The predicted molar refractivity (Wildman–Crippen MR) is 191 cm³/mol. The van der Waals surface area contributed by atoms with Gasteiger partial charge >= 0.3 is 0 Å². The summed E-state index contributed by atoms with van der Waals surface area (Å²) < 4.78 is 115. The molecule has 0 nitrogen and oxygen atoms in total. The molecule has 8 aromatic carbocycles. The van der Waals surface area contributed by atoms with Gasteiger partial charge in [-0.25, -0.2) is 0 Å². The van der Waals surface area contributed by atoms with E-state index < -0.39 is 84.1 Å². The van der Waals surface area contributed by atoms with Crippen LogP contribution in [0.3, 0.4) is 0 Å². The summed E-state index contributed by atoms with van der Waals surface area (Å²) in [5.74, 6) is 0. The lowest BCUT2D eigenvalue weighted by molar-refractivity contribution is 1.26. The van der Waals surface area contributed by atoms with Crippen LogP contribution in [-0.2, 0) is 6.42 Å². The standard InChI is InChI=1S/C45H30/c1-3-11-30(12-4-1)31-19-21-32(22-20-31)34-23-24-35-27-36-25-26-37(29-43(36)42(35)28-34)45-40-17-9-7-15-38(40)44(33-13-5-2-6-14-33)39-16-8-10-18-41(39)45/h1-26,28-29H,27H2/i2D,5D,6D,7D,8D,9D,10D,13D,14D,15D,16D,17D,18D. The Kier molecular flexibility index (Phi) is 3.69. The lowest BCUT2D eigenvalue weighted by Gasteiger charge is -2.18. The fourth-order valence-corrected chi connectivity index (χ4v) is 6.53. The Labute approximate surface area is 282 Å². The molecule has 1 aliphatic rings. The van der Waals surface area contributed by atoms with Gasteiger partial charge in [-0.2, -0.15) is 0 Å². The lowest BCUT2D eigenvalue weighted by atomic mass is 9.85. The average molecular weight is 584 g/mol. The summed E-state index contributed by atoms with van der Waals surface area (Å²) in [6.07, 6.45) is 0.632. The molecule has 0 atom stereocenters. The van der Waals surface area contributed by atoms with Crippen molar-refractivity contribution in [2.24, 2.45) is 0 Å². The van der Waals surface area contributed by atoms with E-state index in [1.165, 1.54) is 0 Å². The molecule has 0 amide bonds. The number of hydrogen-bond donors (Lipinski definition) is 0. The monoisotopic (exact) mass is 583 g/mol. The molecule has 0 spiro atoms. The number of hydrogen-bond acceptors (Lipinski definition) is 0. The van der Waals surface area contributed by atoms with Gasteiger partial charge in [-0.05, 0) is 107 Å². The molecular weight excluding hydrogens is 540 g/mol. The Morgan fingerprint density at radius 2 is 0.778 bits per heavy atom. The largest absolute Gasteiger partial charge is 0.0629 e. The minimum atomic E-state index is -0.702. The minimum absolute atomic E-state index is 0.101. The molecule has 9 rings (SSSR count). The van der Waals surface area contributed by atoms with Crippen molar-refractivity contribution in [1.82, 2.24) is 0 Å². The van der Waals surface area contributed by atoms with Gasteiger partial charge in [-0.3, -0.25) is 0 Å². The predicted octanol–water partition coefficient (Wildman–Crippen LogP) is 12.2. The molecule has 0 radical (unpaired) electrons. The van der Waals surface area contributed by atoms with Crippen LogP contribution in [0.1, 0.15) is 28.9 Å². The van der Waals surface area contributed by atoms with Crippen LogP contribution in [-0.4, -0.2) is 0 Å². The van der Waals surface area contributed by atoms with E-state index >= 15 is 0 Å². The van der Waals surface area contributed by atoms with Crippen molar-refractivity contribution in [2.75, 3.05) is 0 Å². The lowest BCUT2D eigenvalue weighted by Crippen LogP contribution is -1.91. The summed E-state index contributed by atoms with van der Waals surface area (Å²) >= 11 is 0. The summed E-state index contributed by atoms with van der Waals surface area (Å²) in [5.41, 5.74) is 7.89. The summed E-state index contributed by atoms with van der Waals surface area (Å²) in [4.78, 5) is 0. The van der Waals surface area contributed by atoms with Crippen LogP contribution >= 0.6 is 0 Å². The molecule has 0 unspecified atom stereocenters. The molecule has 1 aliphatic carbocycles. The fourth-order valence-electron chi connectivity index (χ4n) is 6.53. The molecule has 0 N–H and O–H groups in total. The van der Waals surface area contributed by atoms with E-state index in [2.05, 4.69) is 54.6 Å². The van der Waals surface area contributed by atoms with E-state index in [4.69, 9.17) is 12.3 Å². The molecule has 8 aromatic rings. The van der Waals surface area contributed by atoms with Crippen LogP contribution in [0.4, 0.5) is 0 Å². The molecule has 45 heavy (non-hydrogen) atoms. The van der Waals surface area contributed by atoms with Crippen LogP contribution in [0.25, 0.3) is 77.2 Å². The Hall–Kier alpha value is -5.72. The Morgan fingerprint density at radius 3 is 1.36 bits per heavy atom. The van der Waals surface area contributed by atoms with Crippen LogP contribution in [0.2, 0.25) is 0 Å². The van der Waals surface area contributed by atoms with Crippen molar-refractivity contribution in [1.29, 1.82) is 0 Å². The SMILES string of the molecule is [2H]c1c([2H])c([2H])c(-c2c3c([2H])c([2H])c([2H])c([2H])c3c(-c3ccc4c(c3)-c3cc(-c5ccc(-c6ccccc6)cc5)ccc3C4)c3c([2H])c([2H])c([2H])c([2H])c23)c([2H])c1[2H]. The highest BCUT2D eigenvalue weighted by atomic mass is 14.3. The first kappa shape index (κ1) is 15.8. The minimum Gasteiger partial charge on any atom is -0.0622 e. The number of fused-ring (bicyclic) bond motifs is 5. The van der Waals surface area contributed by atoms with E-state index in [9.17, 15) is 5.48 Å². The second kappa shape index (κ2) is 10.5. The molecule has 0 heterocycles. The summed E-state index contributed by atoms with van der Waals surface area (Å²) in [7, 11) is 0. The van der Waals surface area contributed by atoms with Gasteiger partial charge in [0.15, 0.2) is 0 Å². The number of benzene rings is 8. The Balaban J connectivity index is 1.35. The van der Waals surface area contributed by atoms with Crippen molar-refractivity contribution >= 4 is 21.5 Å². The highest BCUT2D eigenvalue weighted by Gasteiger charge is 2.22. The average Bonchev–Trinajstić information content (AvgIpc) is 3.61.